The maximum absolute atomic E-state index is 10.8. The van der Waals surface area contributed by atoms with Gasteiger partial charge < -0.3 is 14.6 Å². The molecule has 1 aromatic rings. The van der Waals surface area contributed by atoms with Crippen LogP contribution in [0.3, 0.4) is 0 Å². The van der Waals surface area contributed by atoms with Crippen molar-refractivity contribution >= 4 is 0 Å². The normalized spacial score (nSPS) is 30.9. The number of nitriles is 1. The lowest BCUT2D eigenvalue weighted by Crippen LogP contribution is -2.52. The van der Waals surface area contributed by atoms with Gasteiger partial charge in [0.15, 0.2) is 0 Å². The fraction of sp³-hybridized carbons (Fsp3) is 0.632. The van der Waals surface area contributed by atoms with Gasteiger partial charge in [-0.1, -0.05) is 6.07 Å². The fourth-order valence-corrected chi connectivity index (χ4v) is 4.06. The van der Waals surface area contributed by atoms with Crippen LogP contribution in [0.2, 0.25) is 0 Å². The van der Waals surface area contributed by atoms with E-state index < -0.39 is 5.60 Å². The highest BCUT2D eigenvalue weighted by Gasteiger charge is 2.43. The van der Waals surface area contributed by atoms with E-state index in [1.807, 2.05) is 25.1 Å². The molecule has 2 aliphatic rings. The van der Waals surface area contributed by atoms with E-state index in [0.29, 0.717) is 37.0 Å². The molecule has 0 saturated carbocycles. The molecule has 0 bridgehead atoms. The Morgan fingerprint density at radius 2 is 2.33 bits per heavy atom. The summed E-state index contributed by atoms with van der Waals surface area (Å²) in [6.45, 7) is 5.01. The first kappa shape index (κ1) is 17.2. The molecule has 2 fully saturated rings. The van der Waals surface area contributed by atoms with Gasteiger partial charge in [-0.2, -0.15) is 5.26 Å². The highest BCUT2D eigenvalue weighted by atomic mass is 16.5. The summed E-state index contributed by atoms with van der Waals surface area (Å²) in [6.07, 6.45) is 2.92. The Balaban J connectivity index is 1.76. The zero-order valence-corrected chi connectivity index (χ0v) is 14.5. The fourth-order valence-electron chi connectivity index (χ4n) is 4.06. The molecule has 0 radical (unpaired) electrons. The van der Waals surface area contributed by atoms with Crippen molar-refractivity contribution in [3.05, 3.63) is 29.3 Å². The van der Waals surface area contributed by atoms with Gasteiger partial charge in [0.1, 0.15) is 11.8 Å². The number of hydrogen-bond acceptors (Lipinski definition) is 5. The van der Waals surface area contributed by atoms with Crippen LogP contribution in [-0.4, -0.2) is 48.5 Å². The molecule has 3 atom stereocenters. The van der Waals surface area contributed by atoms with Crippen LogP contribution in [0.5, 0.6) is 5.75 Å². The van der Waals surface area contributed by atoms with E-state index in [1.54, 1.807) is 7.11 Å². The first-order valence-corrected chi connectivity index (χ1v) is 8.66. The van der Waals surface area contributed by atoms with E-state index in [4.69, 9.17) is 9.47 Å². The molecule has 1 N–H and O–H groups in total. The van der Waals surface area contributed by atoms with Crippen molar-refractivity contribution in [3.8, 4) is 11.8 Å². The summed E-state index contributed by atoms with van der Waals surface area (Å²) >= 11 is 0. The van der Waals surface area contributed by atoms with Crippen molar-refractivity contribution in [2.75, 3.05) is 26.9 Å². The molecule has 2 aliphatic heterocycles. The van der Waals surface area contributed by atoms with Crippen LogP contribution in [0.15, 0.2) is 18.2 Å². The van der Waals surface area contributed by atoms with Crippen LogP contribution < -0.4 is 4.74 Å². The summed E-state index contributed by atoms with van der Waals surface area (Å²) in [5, 5.41) is 20.0. The summed E-state index contributed by atoms with van der Waals surface area (Å²) in [5.41, 5.74) is 1.01. The van der Waals surface area contributed by atoms with Crippen molar-refractivity contribution < 1.29 is 14.6 Å². The Labute approximate surface area is 143 Å². The van der Waals surface area contributed by atoms with Crippen LogP contribution in [-0.2, 0) is 11.3 Å². The average Bonchev–Trinajstić information content (AvgIpc) is 3.02. The van der Waals surface area contributed by atoms with Gasteiger partial charge in [-0.05, 0) is 50.4 Å². The highest BCUT2D eigenvalue weighted by molar-refractivity contribution is 5.45. The predicted octanol–water partition coefficient (Wildman–Crippen LogP) is 2.32. The standard InChI is InChI=1S/C19H26N2O3/c1-19(22)7-9-24-13-16(19)17-4-3-8-21(17)12-14-5-6-18(23-2)15(10-14)11-20/h5-6,10,16-17,22H,3-4,7-9,12-13H2,1-2H3. The molecule has 130 valence electrons. The van der Waals surface area contributed by atoms with E-state index in [0.717, 1.165) is 31.5 Å². The van der Waals surface area contributed by atoms with Crippen LogP contribution in [0.1, 0.15) is 37.3 Å². The minimum absolute atomic E-state index is 0.141. The van der Waals surface area contributed by atoms with Gasteiger partial charge in [-0.15, -0.1) is 0 Å². The van der Waals surface area contributed by atoms with Crippen molar-refractivity contribution in [1.82, 2.24) is 4.90 Å². The van der Waals surface area contributed by atoms with Gasteiger partial charge in [0, 0.05) is 25.1 Å². The predicted molar refractivity (Wildman–Crippen MR) is 90.7 cm³/mol. The minimum atomic E-state index is -0.663. The third kappa shape index (κ3) is 3.41. The number of benzene rings is 1. The van der Waals surface area contributed by atoms with Gasteiger partial charge in [0.05, 0.1) is 24.9 Å². The SMILES string of the molecule is COc1ccc(CN2CCCC2C2COCCC2(C)O)cc1C#N. The molecule has 2 saturated heterocycles. The Bertz CT molecular complexity index is 624. The van der Waals surface area contributed by atoms with Crippen molar-refractivity contribution in [2.24, 2.45) is 5.92 Å². The lowest BCUT2D eigenvalue weighted by Gasteiger charge is -2.43. The second-order valence-corrected chi connectivity index (χ2v) is 7.12. The van der Waals surface area contributed by atoms with Crippen LogP contribution in [0.4, 0.5) is 0 Å². The molecule has 0 aromatic heterocycles. The Kier molecular flexibility index (Phi) is 5.09. The second kappa shape index (κ2) is 7.10. The summed E-state index contributed by atoms with van der Waals surface area (Å²) in [6, 6.07) is 8.31. The molecule has 2 heterocycles. The van der Waals surface area contributed by atoms with Crippen LogP contribution >= 0.6 is 0 Å². The first-order valence-electron chi connectivity index (χ1n) is 8.66. The number of likely N-dealkylation sites (tertiary alicyclic amines) is 1. The monoisotopic (exact) mass is 330 g/mol. The average molecular weight is 330 g/mol. The smallest absolute Gasteiger partial charge is 0.136 e. The highest BCUT2D eigenvalue weighted by Crippen LogP contribution is 2.36. The van der Waals surface area contributed by atoms with Crippen molar-refractivity contribution in [1.29, 1.82) is 5.26 Å². The maximum Gasteiger partial charge on any atom is 0.136 e. The minimum Gasteiger partial charge on any atom is -0.495 e. The van der Waals surface area contributed by atoms with E-state index >= 15 is 0 Å². The number of rotatable bonds is 4. The van der Waals surface area contributed by atoms with Gasteiger partial charge in [0.25, 0.3) is 0 Å². The molecule has 1 aromatic carbocycles. The quantitative estimate of drug-likeness (QED) is 0.918. The first-order chi connectivity index (χ1) is 11.5. The Hall–Kier alpha value is -1.61. The maximum atomic E-state index is 10.8. The number of nitrogens with zero attached hydrogens (tertiary/aromatic N) is 2. The van der Waals surface area contributed by atoms with Crippen molar-refractivity contribution in [2.45, 2.75) is 44.4 Å². The van der Waals surface area contributed by atoms with Crippen LogP contribution in [0.25, 0.3) is 0 Å². The molecule has 5 heteroatoms. The molecule has 0 aliphatic carbocycles. The molecule has 3 rings (SSSR count). The third-order valence-corrected chi connectivity index (χ3v) is 5.50. The molecular weight excluding hydrogens is 304 g/mol. The van der Waals surface area contributed by atoms with E-state index in [9.17, 15) is 10.4 Å². The topological polar surface area (TPSA) is 65.7 Å². The summed E-state index contributed by atoms with van der Waals surface area (Å²) in [4.78, 5) is 2.43. The zero-order chi connectivity index (χ0) is 17.2. The molecule has 5 nitrogen and oxygen atoms in total. The Morgan fingerprint density at radius 3 is 3.04 bits per heavy atom. The molecule has 3 unspecified atom stereocenters. The molecule has 24 heavy (non-hydrogen) atoms. The number of aliphatic hydroxyl groups is 1. The Morgan fingerprint density at radius 1 is 1.50 bits per heavy atom. The van der Waals surface area contributed by atoms with E-state index in [1.165, 1.54) is 0 Å². The second-order valence-electron chi connectivity index (χ2n) is 7.12. The van der Waals surface area contributed by atoms with Gasteiger partial charge in [0.2, 0.25) is 0 Å². The van der Waals surface area contributed by atoms with E-state index in [2.05, 4.69) is 11.0 Å². The zero-order valence-electron chi connectivity index (χ0n) is 14.5. The molecule has 0 amide bonds. The number of hydrogen-bond donors (Lipinski definition) is 1. The van der Waals surface area contributed by atoms with Gasteiger partial charge in [-0.3, -0.25) is 4.90 Å². The lowest BCUT2D eigenvalue weighted by molar-refractivity contribution is -0.123. The summed E-state index contributed by atoms with van der Waals surface area (Å²) in [7, 11) is 1.58. The van der Waals surface area contributed by atoms with Crippen LogP contribution in [0, 0.1) is 17.2 Å². The van der Waals surface area contributed by atoms with Gasteiger partial charge in [-0.25, -0.2) is 0 Å². The lowest BCUT2D eigenvalue weighted by atomic mass is 9.79. The summed E-state index contributed by atoms with van der Waals surface area (Å²) in [5.74, 6) is 0.755. The molecular formula is C19H26N2O3. The number of methoxy groups -OCH3 is 1. The van der Waals surface area contributed by atoms with Crippen molar-refractivity contribution in [3.63, 3.8) is 0 Å². The number of ether oxygens (including phenoxy) is 2. The largest absolute Gasteiger partial charge is 0.495 e. The van der Waals surface area contributed by atoms with Gasteiger partial charge >= 0.3 is 0 Å². The molecule has 0 spiro atoms. The van der Waals surface area contributed by atoms with E-state index in [-0.39, 0.29) is 5.92 Å². The summed E-state index contributed by atoms with van der Waals surface area (Å²) < 4.78 is 10.9. The third-order valence-electron chi connectivity index (χ3n) is 5.50.